The van der Waals surface area contributed by atoms with E-state index < -0.39 is 12.6 Å². The van der Waals surface area contributed by atoms with Gasteiger partial charge < -0.3 is 0 Å². The Morgan fingerprint density at radius 3 is 2.10 bits per heavy atom. The second kappa shape index (κ2) is 3.84. The molecule has 0 aromatic heterocycles. The third-order valence-electron chi connectivity index (χ3n) is 1.07. The molecule has 0 aliphatic rings. The van der Waals surface area contributed by atoms with Crippen LogP contribution >= 0.6 is 0 Å². The van der Waals surface area contributed by atoms with Gasteiger partial charge in [0, 0.05) is 6.42 Å². The van der Waals surface area contributed by atoms with Crippen LogP contribution < -0.4 is 0 Å². The highest BCUT2D eigenvalue weighted by Gasteiger charge is 2.25. The fraction of sp³-hybridized carbons (Fsp3) is 0.857. The minimum atomic E-state index is -3.99. The molecule has 0 saturated heterocycles. The third-order valence-corrected chi connectivity index (χ3v) is 1.07. The Hall–Kier alpha value is -0.210. The zero-order chi connectivity index (χ0) is 8.20. The van der Waals surface area contributed by atoms with Gasteiger partial charge in [-0.25, -0.2) is 0 Å². The summed E-state index contributed by atoms with van der Waals surface area (Å²) in [4.78, 5) is 0. The van der Waals surface area contributed by atoms with Crippen LogP contribution in [0, 0.1) is 12.3 Å². The summed E-state index contributed by atoms with van der Waals surface area (Å²) in [6.45, 7) is 3.74. The van der Waals surface area contributed by atoms with E-state index in [0.717, 1.165) is 0 Å². The van der Waals surface area contributed by atoms with Crippen molar-refractivity contribution < 1.29 is 13.2 Å². The van der Waals surface area contributed by atoms with Gasteiger partial charge in [-0.1, -0.05) is 13.8 Å². The lowest BCUT2D eigenvalue weighted by Crippen LogP contribution is -2.07. The maximum absolute atomic E-state index is 11.5. The van der Waals surface area contributed by atoms with Crippen LogP contribution in [-0.4, -0.2) is 6.18 Å². The zero-order valence-electron chi connectivity index (χ0n) is 6.20. The molecular formula is C7H12F3. The van der Waals surface area contributed by atoms with Gasteiger partial charge in [-0.3, -0.25) is 0 Å². The molecule has 0 bridgehead atoms. The first-order chi connectivity index (χ1) is 4.42. The maximum Gasteiger partial charge on any atom is 0.389 e. The van der Waals surface area contributed by atoms with Gasteiger partial charge in [0.2, 0.25) is 0 Å². The molecule has 0 aromatic rings. The van der Waals surface area contributed by atoms with Crippen molar-refractivity contribution in [2.75, 3.05) is 0 Å². The highest BCUT2D eigenvalue weighted by molar-refractivity contribution is 4.70. The average molecular weight is 153 g/mol. The molecule has 0 spiro atoms. The van der Waals surface area contributed by atoms with Crippen molar-refractivity contribution in [3.8, 4) is 0 Å². The Bertz CT molecular complexity index is 83.3. The number of hydrogen-bond acceptors (Lipinski definition) is 0. The first-order valence-electron chi connectivity index (χ1n) is 3.32. The Morgan fingerprint density at radius 2 is 1.80 bits per heavy atom. The molecule has 3 heteroatoms. The normalized spacial score (nSPS) is 12.6. The summed E-state index contributed by atoms with van der Waals surface area (Å²) in [5.74, 6) is 0.252. The Labute approximate surface area is 59.4 Å². The van der Waals surface area contributed by atoms with Crippen LogP contribution in [0.2, 0.25) is 0 Å². The summed E-state index contributed by atoms with van der Waals surface area (Å²) in [6.07, 6.45) is -2.87. The van der Waals surface area contributed by atoms with E-state index in [9.17, 15) is 13.2 Å². The first kappa shape index (κ1) is 9.79. The predicted molar refractivity (Wildman–Crippen MR) is 34.4 cm³/mol. The highest BCUT2D eigenvalue weighted by Crippen LogP contribution is 2.22. The van der Waals surface area contributed by atoms with E-state index in [0.29, 0.717) is 0 Å². The molecule has 0 nitrogen and oxygen atoms in total. The van der Waals surface area contributed by atoms with Crippen LogP contribution in [0.1, 0.15) is 26.7 Å². The molecule has 0 aliphatic carbocycles. The van der Waals surface area contributed by atoms with E-state index in [-0.39, 0.29) is 12.3 Å². The molecule has 1 radical (unpaired) electrons. The number of halogens is 3. The minimum absolute atomic E-state index is 0.140. The molecular weight excluding hydrogens is 141 g/mol. The van der Waals surface area contributed by atoms with E-state index in [4.69, 9.17) is 0 Å². The molecule has 0 unspecified atom stereocenters. The maximum atomic E-state index is 11.5. The SMILES string of the molecule is CC(C)[CH]CCC(F)(F)F. The molecule has 0 rings (SSSR count). The van der Waals surface area contributed by atoms with Gasteiger partial charge >= 0.3 is 6.18 Å². The van der Waals surface area contributed by atoms with E-state index >= 15 is 0 Å². The lowest BCUT2D eigenvalue weighted by Gasteiger charge is -2.06. The molecule has 0 heterocycles. The number of rotatable bonds is 3. The smallest absolute Gasteiger partial charge is 0.171 e. The lowest BCUT2D eigenvalue weighted by atomic mass is 10.1. The Kier molecular flexibility index (Phi) is 3.76. The van der Waals surface area contributed by atoms with E-state index in [1.165, 1.54) is 0 Å². The summed E-state index contributed by atoms with van der Waals surface area (Å²) in [5.41, 5.74) is 0. The fourth-order valence-corrected chi connectivity index (χ4v) is 0.580. The van der Waals surface area contributed by atoms with Gasteiger partial charge in [-0.2, -0.15) is 13.2 Å². The van der Waals surface area contributed by atoms with Crippen molar-refractivity contribution in [1.29, 1.82) is 0 Å². The van der Waals surface area contributed by atoms with Gasteiger partial charge in [-0.15, -0.1) is 0 Å². The Morgan fingerprint density at radius 1 is 1.30 bits per heavy atom. The van der Waals surface area contributed by atoms with Crippen LogP contribution in [0.4, 0.5) is 13.2 Å². The molecule has 0 atom stereocenters. The first-order valence-corrected chi connectivity index (χ1v) is 3.32. The second-order valence-corrected chi connectivity index (χ2v) is 2.63. The molecule has 10 heavy (non-hydrogen) atoms. The van der Waals surface area contributed by atoms with Gasteiger partial charge in [0.25, 0.3) is 0 Å². The summed E-state index contributed by atoms with van der Waals surface area (Å²) in [5, 5.41) is 0. The van der Waals surface area contributed by atoms with Crippen molar-refractivity contribution in [2.24, 2.45) is 5.92 Å². The molecule has 0 aromatic carbocycles. The quantitative estimate of drug-likeness (QED) is 0.584. The van der Waals surface area contributed by atoms with Crippen LogP contribution in [0.15, 0.2) is 0 Å². The van der Waals surface area contributed by atoms with Crippen LogP contribution in [-0.2, 0) is 0 Å². The van der Waals surface area contributed by atoms with Crippen LogP contribution in [0.25, 0.3) is 0 Å². The highest BCUT2D eigenvalue weighted by atomic mass is 19.4. The molecule has 0 amide bonds. The average Bonchev–Trinajstić information content (AvgIpc) is 1.59. The minimum Gasteiger partial charge on any atom is -0.171 e. The van der Waals surface area contributed by atoms with Crippen molar-refractivity contribution in [2.45, 2.75) is 32.9 Å². The summed E-state index contributed by atoms with van der Waals surface area (Å²) < 4.78 is 34.5. The molecule has 0 N–H and O–H groups in total. The van der Waals surface area contributed by atoms with E-state index in [1.54, 1.807) is 6.42 Å². The second-order valence-electron chi connectivity index (χ2n) is 2.63. The standard InChI is InChI=1S/C7H12F3/c1-6(2)4-3-5-7(8,9)10/h4,6H,3,5H2,1-2H3. The van der Waals surface area contributed by atoms with Crippen molar-refractivity contribution in [3.05, 3.63) is 6.42 Å². The molecule has 61 valence electrons. The lowest BCUT2D eigenvalue weighted by molar-refractivity contribution is -0.134. The van der Waals surface area contributed by atoms with E-state index in [2.05, 4.69) is 0 Å². The fourth-order valence-electron chi connectivity index (χ4n) is 0.580. The Balaban J connectivity index is 3.21. The summed E-state index contributed by atoms with van der Waals surface area (Å²) >= 11 is 0. The number of hydrogen-bond donors (Lipinski definition) is 0. The molecule has 0 saturated carbocycles. The largest absolute Gasteiger partial charge is 0.389 e. The summed E-state index contributed by atoms with van der Waals surface area (Å²) in [7, 11) is 0. The van der Waals surface area contributed by atoms with E-state index in [1.807, 2.05) is 13.8 Å². The van der Waals surface area contributed by atoms with Gasteiger partial charge in [-0.05, 0) is 18.8 Å². The monoisotopic (exact) mass is 153 g/mol. The van der Waals surface area contributed by atoms with Gasteiger partial charge in [0.15, 0.2) is 0 Å². The number of alkyl halides is 3. The predicted octanol–water partition coefficient (Wildman–Crippen LogP) is 3.19. The van der Waals surface area contributed by atoms with Crippen LogP contribution in [0.5, 0.6) is 0 Å². The van der Waals surface area contributed by atoms with Gasteiger partial charge in [0.05, 0.1) is 0 Å². The van der Waals surface area contributed by atoms with Crippen molar-refractivity contribution >= 4 is 0 Å². The molecule has 0 aliphatic heterocycles. The summed E-state index contributed by atoms with van der Waals surface area (Å²) in [6, 6.07) is 0. The van der Waals surface area contributed by atoms with Crippen molar-refractivity contribution in [1.82, 2.24) is 0 Å². The van der Waals surface area contributed by atoms with Gasteiger partial charge in [0.1, 0.15) is 0 Å². The van der Waals surface area contributed by atoms with Crippen molar-refractivity contribution in [3.63, 3.8) is 0 Å². The topological polar surface area (TPSA) is 0 Å². The molecule has 0 fully saturated rings. The van der Waals surface area contributed by atoms with Crippen LogP contribution in [0.3, 0.4) is 0 Å². The zero-order valence-corrected chi connectivity index (χ0v) is 6.20. The third kappa shape index (κ3) is 7.79.